The highest BCUT2D eigenvalue weighted by atomic mass is 16.2. The van der Waals surface area contributed by atoms with Crippen LogP contribution in [0.4, 0.5) is 0 Å². The van der Waals surface area contributed by atoms with Gasteiger partial charge in [0.05, 0.1) is 17.8 Å². The number of rotatable bonds is 4. The van der Waals surface area contributed by atoms with Crippen molar-refractivity contribution in [3.63, 3.8) is 0 Å². The Morgan fingerprint density at radius 1 is 0.962 bits per heavy atom. The van der Waals surface area contributed by atoms with Crippen molar-refractivity contribution >= 4 is 11.8 Å². The largest absolute Gasteiger partial charge is 0.288 e. The molecule has 0 radical (unpaired) electrons. The Bertz CT molecular complexity index is 920. The highest BCUT2D eigenvalue weighted by Gasteiger charge is 2.19. The van der Waals surface area contributed by atoms with Crippen LogP contribution in [0.2, 0.25) is 0 Å². The van der Waals surface area contributed by atoms with Gasteiger partial charge in [0.25, 0.3) is 11.8 Å². The molecule has 26 heavy (non-hydrogen) atoms. The molecule has 3 rings (SSSR count). The van der Waals surface area contributed by atoms with E-state index in [0.717, 1.165) is 11.3 Å². The third-order valence-corrected chi connectivity index (χ3v) is 3.97. The zero-order valence-corrected chi connectivity index (χ0v) is 14.6. The molecule has 7 nitrogen and oxygen atoms in total. The molecule has 0 aliphatic carbocycles. The van der Waals surface area contributed by atoms with Crippen LogP contribution in [0.1, 0.15) is 37.8 Å². The summed E-state index contributed by atoms with van der Waals surface area (Å²) in [5.41, 5.74) is 7.89. The summed E-state index contributed by atoms with van der Waals surface area (Å²) in [6.07, 6.45) is 1.51. The molecular formula is C19H19N5O2. The molecule has 0 unspecified atom stereocenters. The van der Waals surface area contributed by atoms with Crippen molar-refractivity contribution in [2.24, 2.45) is 0 Å². The van der Waals surface area contributed by atoms with Crippen LogP contribution in [0, 0.1) is 13.8 Å². The molecule has 1 aromatic carbocycles. The number of aryl methyl sites for hydroxylation is 1. The number of aromatic nitrogens is 3. The third-order valence-electron chi connectivity index (χ3n) is 3.97. The first-order valence-electron chi connectivity index (χ1n) is 8.16. The number of carbonyl (C=O) groups is 2. The van der Waals surface area contributed by atoms with E-state index >= 15 is 0 Å². The van der Waals surface area contributed by atoms with Crippen LogP contribution in [0.25, 0.3) is 0 Å². The number of amides is 2. The van der Waals surface area contributed by atoms with Crippen molar-refractivity contribution in [1.82, 2.24) is 25.6 Å². The van der Waals surface area contributed by atoms with E-state index in [4.69, 9.17) is 0 Å². The normalized spacial score (nSPS) is 10.4. The van der Waals surface area contributed by atoms with Gasteiger partial charge in [0.2, 0.25) is 0 Å². The minimum atomic E-state index is -0.481. The van der Waals surface area contributed by atoms with Crippen LogP contribution in [0.15, 0.2) is 54.7 Å². The van der Waals surface area contributed by atoms with Crippen molar-refractivity contribution in [2.45, 2.75) is 20.4 Å². The number of hydrazine groups is 1. The zero-order chi connectivity index (χ0) is 18.5. The molecule has 2 aromatic heterocycles. The lowest BCUT2D eigenvalue weighted by Gasteiger charge is -2.08. The van der Waals surface area contributed by atoms with Gasteiger partial charge < -0.3 is 0 Å². The first-order chi connectivity index (χ1) is 12.6. The van der Waals surface area contributed by atoms with Gasteiger partial charge in [-0.1, -0.05) is 36.4 Å². The summed E-state index contributed by atoms with van der Waals surface area (Å²) in [6, 6.07) is 14.9. The van der Waals surface area contributed by atoms with Crippen LogP contribution in [-0.2, 0) is 6.54 Å². The maximum atomic E-state index is 12.5. The summed E-state index contributed by atoms with van der Waals surface area (Å²) in [5.74, 6) is -0.894. The molecule has 0 fully saturated rings. The maximum Gasteiger partial charge on any atom is 0.288 e. The van der Waals surface area contributed by atoms with Crippen molar-refractivity contribution in [2.75, 3.05) is 0 Å². The molecule has 0 saturated heterocycles. The van der Waals surface area contributed by atoms with E-state index in [0.29, 0.717) is 17.8 Å². The van der Waals surface area contributed by atoms with Gasteiger partial charge in [0.15, 0.2) is 0 Å². The molecule has 0 aliphatic heterocycles. The van der Waals surface area contributed by atoms with E-state index < -0.39 is 11.8 Å². The van der Waals surface area contributed by atoms with Crippen molar-refractivity contribution in [1.29, 1.82) is 0 Å². The van der Waals surface area contributed by atoms with E-state index in [1.807, 2.05) is 37.3 Å². The second kappa shape index (κ2) is 7.60. The second-order valence-corrected chi connectivity index (χ2v) is 5.81. The molecule has 132 valence electrons. The Morgan fingerprint density at radius 3 is 2.35 bits per heavy atom. The molecule has 2 N–H and O–H groups in total. The lowest BCUT2D eigenvalue weighted by molar-refractivity contribution is 0.0843. The monoisotopic (exact) mass is 349 g/mol. The summed E-state index contributed by atoms with van der Waals surface area (Å²) in [4.78, 5) is 28.4. The fourth-order valence-corrected chi connectivity index (χ4v) is 2.67. The molecule has 0 atom stereocenters. The molecule has 0 bridgehead atoms. The number of hydrogen-bond acceptors (Lipinski definition) is 4. The lowest BCUT2D eigenvalue weighted by Crippen LogP contribution is -2.42. The highest BCUT2D eigenvalue weighted by molar-refractivity contribution is 5.99. The SMILES string of the molecule is Cc1nn(Cc2ccccc2)c(C)c1C(=O)NNC(=O)c1ccccn1. The fraction of sp³-hybridized carbons (Fsp3) is 0.158. The van der Waals surface area contributed by atoms with Crippen molar-refractivity contribution in [3.05, 3.63) is 82.9 Å². The van der Waals surface area contributed by atoms with Gasteiger partial charge in [0, 0.05) is 11.9 Å². The Hall–Kier alpha value is -3.48. The van der Waals surface area contributed by atoms with E-state index in [2.05, 4.69) is 20.9 Å². The second-order valence-electron chi connectivity index (χ2n) is 5.81. The quantitative estimate of drug-likeness (QED) is 0.705. The summed E-state index contributed by atoms with van der Waals surface area (Å²) in [5, 5.41) is 4.44. The van der Waals surface area contributed by atoms with Gasteiger partial charge in [0.1, 0.15) is 5.69 Å². The Morgan fingerprint density at radius 2 is 1.65 bits per heavy atom. The number of nitrogens with zero attached hydrogens (tertiary/aromatic N) is 3. The number of hydrogen-bond donors (Lipinski definition) is 2. The molecule has 0 saturated carbocycles. The molecule has 0 aliphatic rings. The smallest absolute Gasteiger partial charge is 0.267 e. The van der Waals surface area contributed by atoms with Gasteiger partial charge in [-0.25, -0.2) is 0 Å². The van der Waals surface area contributed by atoms with E-state index in [1.165, 1.54) is 6.20 Å². The van der Waals surface area contributed by atoms with Gasteiger partial charge in [-0.15, -0.1) is 0 Å². The predicted molar refractivity (Wildman–Crippen MR) is 96.4 cm³/mol. The van der Waals surface area contributed by atoms with Crippen molar-refractivity contribution < 1.29 is 9.59 Å². The molecule has 0 spiro atoms. The Balaban J connectivity index is 1.70. The first kappa shape index (κ1) is 17.3. The fourth-order valence-electron chi connectivity index (χ4n) is 2.67. The topological polar surface area (TPSA) is 88.9 Å². The molecule has 2 heterocycles. The molecular weight excluding hydrogens is 330 g/mol. The molecule has 2 amide bonds. The minimum Gasteiger partial charge on any atom is -0.267 e. The van der Waals surface area contributed by atoms with Crippen LogP contribution >= 0.6 is 0 Å². The molecule has 3 aromatic rings. The third kappa shape index (κ3) is 3.77. The van der Waals surface area contributed by atoms with Crippen LogP contribution < -0.4 is 10.9 Å². The van der Waals surface area contributed by atoms with Gasteiger partial charge >= 0.3 is 0 Å². The van der Waals surface area contributed by atoms with Crippen LogP contribution in [0.5, 0.6) is 0 Å². The number of benzene rings is 1. The van der Waals surface area contributed by atoms with Gasteiger partial charge in [-0.05, 0) is 31.5 Å². The van der Waals surface area contributed by atoms with E-state index in [1.54, 1.807) is 29.8 Å². The van der Waals surface area contributed by atoms with Gasteiger partial charge in [-0.3, -0.25) is 30.1 Å². The predicted octanol–water partition coefficient (Wildman–Crippen LogP) is 2.02. The highest BCUT2D eigenvalue weighted by Crippen LogP contribution is 2.14. The lowest BCUT2D eigenvalue weighted by atomic mass is 10.2. The zero-order valence-electron chi connectivity index (χ0n) is 14.6. The number of pyridine rings is 1. The van der Waals surface area contributed by atoms with E-state index in [-0.39, 0.29) is 5.69 Å². The van der Waals surface area contributed by atoms with E-state index in [9.17, 15) is 9.59 Å². The summed E-state index contributed by atoms with van der Waals surface area (Å²) in [7, 11) is 0. The Labute approximate surface area is 151 Å². The van der Waals surface area contributed by atoms with Crippen LogP contribution in [0.3, 0.4) is 0 Å². The minimum absolute atomic E-state index is 0.223. The number of nitrogens with one attached hydrogen (secondary N) is 2. The summed E-state index contributed by atoms with van der Waals surface area (Å²) in [6.45, 7) is 4.17. The Kier molecular flexibility index (Phi) is 5.07. The maximum absolute atomic E-state index is 12.5. The average molecular weight is 349 g/mol. The van der Waals surface area contributed by atoms with Gasteiger partial charge in [-0.2, -0.15) is 5.10 Å². The summed E-state index contributed by atoms with van der Waals surface area (Å²) >= 11 is 0. The van der Waals surface area contributed by atoms with Crippen molar-refractivity contribution in [3.8, 4) is 0 Å². The first-order valence-corrected chi connectivity index (χ1v) is 8.16. The average Bonchev–Trinajstić information content (AvgIpc) is 2.94. The number of carbonyl (C=O) groups excluding carboxylic acids is 2. The summed E-state index contributed by atoms with van der Waals surface area (Å²) < 4.78 is 1.78. The molecule has 7 heteroatoms. The van der Waals surface area contributed by atoms with Crippen LogP contribution in [-0.4, -0.2) is 26.6 Å². The standard InChI is InChI=1S/C19H19N5O2/c1-13-17(14(2)24(23-13)12-15-8-4-3-5-9-15)19(26)22-21-18(25)16-10-6-7-11-20-16/h3-11H,12H2,1-2H3,(H,21,25)(H,22,26).